The van der Waals surface area contributed by atoms with Gasteiger partial charge >= 0.3 is 6.09 Å². The second-order valence-corrected chi connectivity index (χ2v) is 19.8. The number of Topliss-reactive ketones (excluding diaryl/α,β-unsaturated/α-hetero) is 4. The number of nitrogens with one attached hydrogen (secondary N) is 3. The van der Waals surface area contributed by atoms with Crippen LogP contribution in [0.5, 0.6) is 0 Å². The molecule has 0 aliphatic carbocycles. The first-order chi connectivity index (χ1) is 30.8. The number of ether oxygens (including phenoxy) is 3. The summed E-state index contributed by atoms with van der Waals surface area (Å²) in [6, 6.07) is 11.9. The molecular formula is C51H76ClN3O11. The number of carbonyl (C=O) groups excluding carboxylic acids is 7. The molecule has 1 unspecified atom stereocenters. The normalized spacial score (nSPS) is 15.0. The maximum absolute atomic E-state index is 14.2. The molecule has 0 saturated heterocycles. The number of unbranched alkanes of at least 4 members (excludes halogenated alkanes) is 3. The third kappa shape index (κ3) is 21.4. The highest BCUT2D eigenvalue weighted by Gasteiger charge is 2.36. The molecule has 368 valence electrons. The van der Waals surface area contributed by atoms with Crippen LogP contribution in [0.1, 0.15) is 144 Å². The lowest BCUT2D eigenvalue weighted by Gasteiger charge is -2.32. The van der Waals surface area contributed by atoms with Gasteiger partial charge in [0, 0.05) is 62.4 Å². The summed E-state index contributed by atoms with van der Waals surface area (Å²) in [5.41, 5.74) is 0.495. The summed E-state index contributed by atoms with van der Waals surface area (Å²) in [4.78, 5) is 95.0. The van der Waals surface area contributed by atoms with Gasteiger partial charge in [0.15, 0.2) is 23.1 Å². The fraction of sp³-hybridized carbons (Fsp3) is 0.627. The van der Waals surface area contributed by atoms with Crippen LogP contribution in [0.3, 0.4) is 0 Å². The molecule has 3 amide bonds. The highest BCUT2D eigenvalue weighted by Crippen LogP contribution is 2.24. The lowest BCUT2D eigenvalue weighted by molar-refractivity contribution is -0.139. The highest BCUT2D eigenvalue weighted by atomic mass is 35.5. The van der Waals surface area contributed by atoms with Crippen molar-refractivity contribution >= 4 is 52.6 Å². The summed E-state index contributed by atoms with van der Waals surface area (Å²) in [6.07, 6.45) is 0.231. The molecule has 2 aromatic rings. The first-order valence-electron chi connectivity index (χ1n) is 23.2. The maximum Gasteiger partial charge on any atom is 0.407 e. The largest absolute Gasteiger partial charge is 0.444 e. The topological polar surface area (TPSA) is 203 Å². The number of amides is 3. The number of alkyl carbamates (subject to hydrolysis) is 1. The number of aliphatic hydroxyl groups excluding tert-OH is 1. The molecule has 0 aromatic heterocycles. The Morgan fingerprint density at radius 1 is 0.712 bits per heavy atom. The Morgan fingerprint density at radius 3 is 1.88 bits per heavy atom. The quantitative estimate of drug-likeness (QED) is 0.0450. The lowest BCUT2D eigenvalue weighted by atomic mass is 9.89. The van der Waals surface area contributed by atoms with Crippen LogP contribution in [0.4, 0.5) is 4.79 Å². The third-order valence-electron chi connectivity index (χ3n) is 10.9. The molecule has 0 saturated carbocycles. The van der Waals surface area contributed by atoms with Crippen LogP contribution in [-0.2, 0) is 38.2 Å². The van der Waals surface area contributed by atoms with E-state index in [0.717, 1.165) is 24.0 Å². The van der Waals surface area contributed by atoms with E-state index in [0.29, 0.717) is 42.9 Å². The second-order valence-electron chi connectivity index (χ2n) is 19.4. The zero-order valence-electron chi connectivity index (χ0n) is 41.1. The van der Waals surface area contributed by atoms with Crippen molar-refractivity contribution in [3.63, 3.8) is 0 Å². The molecule has 4 N–H and O–H groups in total. The summed E-state index contributed by atoms with van der Waals surface area (Å²) < 4.78 is 16.6. The van der Waals surface area contributed by atoms with Crippen LogP contribution >= 0.6 is 11.6 Å². The molecule has 0 bridgehead atoms. The first-order valence-corrected chi connectivity index (χ1v) is 23.6. The smallest absolute Gasteiger partial charge is 0.407 e. The van der Waals surface area contributed by atoms with Crippen LogP contribution in [0.2, 0.25) is 5.02 Å². The molecule has 0 fully saturated rings. The highest BCUT2D eigenvalue weighted by molar-refractivity contribution is 6.30. The molecule has 0 aliphatic heterocycles. The summed E-state index contributed by atoms with van der Waals surface area (Å²) in [5.74, 6) is -5.62. The molecule has 0 radical (unpaired) electrons. The Labute approximate surface area is 397 Å². The molecule has 66 heavy (non-hydrogen) atoms. The zero-order valence-corrected chi connectivity index (χ0v) is 41.8. The van der Waals surface area contributed by atoms with Crippen molar-refractivity contribution in [2.45, 2.75) is 169 Å². The number of methoxy groups -OCH3 is 1. The fourth-order valence-corrected chi connectivity index (χ4v) is 7.42. The van der Waals surface area contributed by atoms with E-state index in [4.69, 9.17) is 25.8 Å². The average molecular weight is 943 g/mol. The fourth-order valence-electron chi connectivity index (χ4n) is 7.30. The van der Waals surface area contributed by atoms with Gasteiger partial charge in [-0.15, -0.1) is 0 Å². The van der Waals surface area contributed by atoms with Gasteiger partial charge < -0.3 is 35.3 Å². The van der Waals surface area contributed by atoms with E-state index in [2.05, 4.69) is 16.0 Å². The van der Waals surface area contributed by atoms with E-state index in [1.807, 2.05) is 19.1 Å². The van der Waals surface area contributed by atoms with E-state index in [1.54, 1.807) is 106 Å². The second kappa shape index (κ2) is 28.0. The van der Waals surface area contributed by atoms with Crippen molar-refractivity contribution < 1.29 is 52.9 Å². The van der Waals surface area contributed by atoms with Gasteiger partial charge in [-0.25, -0.2) is 4.79 Å². The lowest BCUT2D eigenvalue weighted by Crippen LogP contribution is -2.54. The molecule has 14 nitrogen and oxygen atoms in total. The van der Waals surface area contributed by atoms with E-state index in [1.165, 1.54) is 0 Å². The molecule has 0 heterocycles. The standard InChI is InChI=1S/C51H76ClN3O11/c1-12-13-14-17-40(43(58)28-32(2)46(60)41(56)18-15-16-27-64-11)54-47(61)33(3)29-44(59)45(34(4)65-50(5,6)7)55-48(62)38(31-53-49(63)66-51(8,9)10)30-42(57)37-21-19-35(20-22-37)36-23-25-39(52)26-24-36/h19-26,32-34,38,40,45-46,60H,12-18,27-31H2,1-11H3,(H,53,63)(H,54,61)(H,55,62)/t32-,33-,34-,38+,40+,45+,46?/m1/s1. The zero-order chi connectivity index (χ0) is 49.8. The van der Waals surface area contributed by atoms with Crippen molar-refractivity contribution in [3.05, 3.63) is 59.1 Å². The van der Waals surface area contributed by atoms with E-state index in [9.17, 15) is 38.7 Å². The molecular weight excluding hydrogens is 866 g/mol. The van der Waals surface area contributed by atoms with Crippen LogP contribution in [0, 0.1) is 17.8 Å². The number of carbonyl (C=O) groups is 7. The average Bonchev–Trinajstić information content (AvgIpc) is 3.23. The van der Waals surface area contributed by atoms with Gasteiger partial charge in [0.2, 0.25) is 11.8 Å². The molecule has 0 aliphatic rings. The van der Waals surface area contributed by atoms with Gasteiger partial charge in [0.25, 0.3) is 0 Å². The summed E-state index contributed by atoms with van der Waals surface area (Å²) in [5, 5.41) is 19.5. The number of hydrogen-bond acceptors (Lipinski definition) is 11. The number of rotatable bonds is 29. The van der Waals surface area contributed by atoms with Gasteiger partial charge in [-0.3, -0.25) is 28.8 Å². The minimum absolute atomic E-state index is 0.133. The van der Waals surface area contributed by atoms with Crippen molar-refractivity contribution in [3.8, 4) is 11.1 Å². The Kier molecular flexibility index (Phi) is 24.4. The predicted molar refractivity (Wildman–Crippen MR) is 256 cm³/mol. The van der Waals surface area contributed by atoms with E-state index in [-0.39, 0.29) is 49.6 Å². The van der Waals surface area contributed by atoms with Crippen LogP contribution in [0.25, 0.3) is 11.1 Å². The summed E-state index contributed by atoms with van der Waals surface area (Å²) in [7, 11) is 1.57. The Bertz CT molecular complexity index is 1890. The summed E-state index contributed by atoms with van der Waals surface area (Å²) in [6.45, 7) is 17.5. The van der Waals surface area contributed by atoms with Gasteiger partial charge in [-0.2, -0.15) is 0 Å². The summed E-state index contributed by atoms with van der Waals surface area (Å²) >= 11 is 6.05. The number of hydrogen-bond donors (Lipinski definition) is 4. The number of aliphatic hydroxyl groups is 1. The van der Waals surface area contributed by atoms with E-state index < -0.39 is 76.9 Å². The minimum atomic E-state index is -1.33. The first kappa shape index (κ1) is 57.6. The van der Waals surface area contributed by atoms with Crippen molar-refractivity contribution in [2.24, 2.45) is 17.8 Å². The number of ketones is 4. The predicted octanol–water partition coefficient (Wildman–Crippen LogP) is 8.41. The third-order valence-corrected chi connectivity index (χ3v) is 11.2. The molecule has 15 heteroatoms. The van der Waals surface area contributed by atoms with Gasteiger partial charge in [-0.05, 0) is 96.9 Å². The molecule has 0 spiro atoms. The van der Waals surface area contributed by atoms with Crippen LogP contribution in [-0.4, -0.2) is 102 Å². The Balaban J connectivity index is 2.32. The number of benzene rings is 2. The number of halogens is 1. The van der Waals surface area contributed by atoms with Crippen molar-refractivity contribution in [2.75, 3.05) is 20.3 Å². The Morgan fingerprint density at radius 2 is 1.32 bits per heavy atom. The Hall–Kier alpha value is -4.50. The van der Waals surface area contributed by atoms with Crippen molar-refractivity contribution in [1.29, 1.82) is 0 Å². The van der Waals surface area contributed by atoms with Crippen LogP contribution < -0.4 is 16.0 Å². The van der Waals surface area contributed by atoms with Gasteiger partial charge in [0.1, 0.15) is 17.7 Å². The molecule has 7 atom stereocenters. The van der Waals surface area contributed by atoms with Crippen molar-refractivity contribution in [1.82, 2.24) is 16.0 Å². The van der Waals surface area contributed by atoms with E-state index >= 15 is 0 Å². The maximum atomic E-state index is 14.2. The minimum Gasteiger partial charge on any atom is -0.444 e. The van der Waals surface area contributed by atoms with Gasteiger partial charge in [0.05, 0.1) is 23.7 Å². The monoisotopic (exact) mass is 942 g/mol. The van der Waals surface area contributed by atoms with Gasteiger partial charge in [-0.1, -0.05) is 88.0 Å². The SMILES string of the molecule is CCCCC[C@H](NC(=O)[C@H](C)CC(=O)[C@@H](NC(=O)[C@H](CNC(=O)OC(C)(C)C)CC(=O)c1ccc(-c2ccc(Cl)cc2)cc1)[C@@H](C)OC(C)(C)C)C(=O)C[C@@H](C)C(O)C(=O)CCCCOC. The molecule has 2 rings (SSSR count). The molecule has 2 aromatic carbocycles. The van der Waals surface area contributed by atoms with Crippen LogP contribution in [0.15, 0.2) is 48.5 Å².